The molecule has 0 fully saturated rings. The van der Waals surface area contributed by atoms with E-state index in [0.717, 1.165) is 23.2 Å². The Kier molecular flexibility index (Phi) is 4.43. The van der Waals surface area contributed by atoms with Crippen molar-refractivity contribution in [2.75, 3.05) is 0 Å². The van der Waals surface area contributed by atoms with Crippen molar-refractivity contribution in [3.8, 4) is 0 Å². The number of hydrogen-bond donors (Lipinski definition) is 0. The minimum atomic E-state index is 0.774. The quantitative estimate of drug-likeness (QED) is 0.591. The molecule has 1 nitrogen and oxygen atoms in total. The lowest BCUT2D eigenvalue weighted by atomic mass is 10.1. The maximum atomic E-state index is 10.8. The summed E-state index contributed by atoms with van der Waals surface area (Å²) in [5, 5.41) is 0. The molecule has 0 aliphatic heterocycles. The van der Waals surface area contributed by atoms with Crippen LogP contribution in [0.15, 0.2) is 41.3 Å². The van der Waals surface area contributed by atoms with Gasteiger partial charge in [-0.2, -0.15) is 0 Å². The molecule has 0 aliphatic rings. The van der Waals surface area contributed by atoms with Crippen LogP contribution in [0.1, 0.15) is 32.6 Å². The van der Waals surface area contributed by atoms with E-state index in [2.05, 4.69) is 38.1 Å². The molecule has 0 saturated heterocycles. The van der Waals surface area contributed by atoms with Gasteiger partial charge in [-0.1, -0.05) is 35.4 Å². The maximum Gasteiger partial charge on any atom is 0.150 e. The molecule has 0 atom stereocenters. The maximum absolute atomic E-state index is 10.8. The Labute approximate surface area is 119 Å². The molecule has 2 rings (SSSR count). The summed E-state index contributed by atoms with van der Waals surface area (Å²) in [6.45, 7) is 6.24. The van der Waals surface area contributed by atoms with Gasteiger partial charge in [-0.3, -0.25) is 4.79 Å². The van der Waals surface area contributed by atoms with Crippen LogP contribution in [0.5, 0.6) is 0 Å². The van der Waals surface area contributed by atoms with Crippen LogP contribution in [0.2, 0.25) is 0 Å². The van der Waals surface area contributed by atoms with Crippen LogP contribution in [-0.4, -0.2) is 6.29 Å². The molecule has 0 spiro atoms. The second kappa shape index (κ2) is 6.07. The third kappa shape index (κ3) is 3.71. The Hall–Kier alpha value is -1.54. The van der Waals surface area contributed by atoms with Gasteiger partial charge in [0.15, 0.2) is 0 Å². The lowest BCUT2D eigenvalue weighted by Crippen LogP contribution is -1.88. The number of aldehydes is 1. The van der Waals surface area contributed by atoms with E-state index >= 15 is 0 Å². The second-order valence-corrected chi connectivity index (χ2v) is 5.97. The Morgan fingerprint density at radius 3 is 2.26 bits per heavy atom. The number of aryl methyl sites for hydroxylation is 3. The van der Waals surface area contributed by atoms with Crippen LogP contribution in [-0.2, 0) is 5.75 Å². The van der Waals surface area contributed by atoms with Gasteiger partial charge in [0.25, 0.3) is 0 Å². The summed E-state index contributed by atoms with van der Waals surface area (Å²) in [7, 11) is 0. The number of thioether (sulfide) groups is 1. The third-order valence-electron chi connectivity index (χ3n) is 3.06. The highest BCUT2D eigenvalue weighted by Gasteiger charge is 2.01. The molecule has 0 bridgehead atoms. The highest BCUT2D eigenvalue weighted by molar-refractivity contribution is 7.98. The van der Waals surface area contributed by atoms with Crippen LogP contribution < -0.4 is 0 Å². The van der Waals surface area contributed by atoms with Crippen molar-refractivity contribution in [1.82, 2.24) is 0 Å². The Bertz CT molecular complexity index is 582. The standard InChI is InChI=1S/C17H18OS/c1-12-6-13(2)8-15(7-12)11-19-17-5-4-16(10-18)14(3)9-17/h4-10H,11H2,1-3H3. The molecule has 0 aromatic heterocycles. The van der Waals surface area contributed by atoms with Crippen molar-refractivity contribution < 1.29 is 4.79 Å². The lowest BCUT2D eigenvalue weighted by molar-refractivity contribution is 0.112. The highest BCUT2D eigenvalue weighted by atomic mass is 32.2. The van der Waals surface area contributed by atoms with Crippen molar-refractivity contribution in [2.45, 2.75) is 31.4 Å². The third-order valence-corrected chi connectivity index (χ3v) is 4.12. The van der Waals surface area contributed by atoms with E-state index in [-0.39, 0.29) is 0 Å². The van der Waals surface area contributed by atoms with Crippen molar-refractivity contribution in [3.63, 3.8) is 0 Å². The van der Waals surface area contributed by atoms with Gasteiger partial charge in [0.1, 0.15) is 6.29 Å². The van der Waals surface area contributed by atoms with Crippen molar-refractivity contribution in [2.24, 2.45) is 0 Å². The molecule has 2 heteroatoms. The topological polar surface area (TPSA) is 17.1 Å². The molecule has 0 radical (unpaired) electrons. The Morgan fingerprint density at radius 2 is 1.68 bits per heavy atom. The summed E-state index contributed by atoms with van der Waals surface area (Å²) < 4.78 is 0. The van der Waals surface area contributed by atoms with Gasteiger partial charge in [0.2, 0.25) is 0 Å². The fourth-order valence-electron chi connectivity index (χ4n) is 2.19. The first kappa shape index (κ1) is 13.9. The van der Waals surface area contributed by atoms with Crippen LogP contribution in [0, 0.1) is 20.8 Å². The number of carbonyl (C=O) groups excluding carboxylic acids is 1. The number of hydrogen-bond acceptors (Lipinski definition) is 2. The molecule has 19 heavy (non-hydrogen) atoms. The molecule has 0 N–H and O–H groups in total. The summed E-state index contributed by atoms with van der Waals surface area (Å²) in [6, 6.07) is 12.6. The van der Waals surface area contributed by atoms with Gasteiger partial charge in [0.05, 0.1) is 0 Å². The first-order valence-electron chi connectivity index (χ1n) is 6.34. The van der Waals surface area contributed by atoms with Crippen LogP contribution in [0.3, 0.4) is 0 Å². The predicted octanol–water partition coefficient (Wildman–Crippen LogP) is 4.72. The van der Waals surface area contributed by atoms with Gasteiger partial charge in [-0.05, 0) is 44.0 Å². The normalized spacial score (nSPS) is 10.5. The van der Waals surface area contributed by atoms with E-state index in [9.17, 15) is 4.79 Å². The van der Waals surface area contributed by atoms with E-state index < -0.39 is 0 Å². The van der Waals surface area contributed by atoms with Crippen molar-refractivity contribution >= 4 is 18.0 Å². The van der Waals surface area contributed by atoms with Gasteiger partial charge in [-0.15, -0.1) is 11.8 Å². The molecule has 0 unspecified atom stereocenters. The van der Waals surface area contributed by atoms with Crippen LogP contribution >= 0.6 is 11.8 Å². The monoisotopic (exact) mass is 270 g/mol. The molecule has 0 saturated carbocycles. The van der Waals surface area contributed by atoms with E-state index in [0.29, 0.717) is 0 Å². The van der Waals surface area contributed by atoms with E-state index in [1.165, 1.54) is 21.6 Å². The molecule has 2 aromatic rings. The number of benzene rings is 2. The molecule has 0 aliphatic carbocycles. The van der Waals surface area contributed by atoms with E-state index in [1.807, 2.05) is 30.8 Å². The zero-order valence-corrected chi connectivity index (χ0v) is 12.4. The second-order valence-electron chi connectivity index (χ2n) is 4.92. The molecule has 98 valence electrons. The van der Waals surface area contributed by atoms with Gasteiger partial charge in [-0.25, -0.2) is 0 Å². The first-order chi connectivity index (χ1) is 9.08. The summed E-state index contributed by atoms with van der Waals surface area (Å²) in [4.78, 5) is 12.0. The molecular formula is C17H18OS. The smallest absolute Gasteiger partial charge is 0.150 e. The van der Waals surface area contributed by atoms with Crippen LogP contribution in [0.4, 0.5) is 0 Å². The Morgan fingerprint density at radius 1 is 1.00 bits per heavy atom. The number of carbonyl (C=O) groups is 1. The zero-order valence-electron chi connectivity index (χ0n) is 11.6. The minimum Gasteiger partial charge on any atom is -0.298 e. The van der Waals surface area contributed by atoms with E-state index in [1.54, 1.807) is 0 Å². The largest absolute Gasteiger partial charge is 0.298 e. The summed E-state index contributed by atoms with van der Waals surface area (Å²) in [5.74, 6) is 0.961. The molecular weight excluding hydrogens is 252 g/mol. The predicted molar refractivity (Wildman–Crippen MR) is 82.0 cm³/mol. The zero-order chi connectivity index (χ0) is 13.8. The minimum absolute atomic E-state index is 0.774. The summed E-state index contributed by atoms with van der Waals surface area (Å²) in [6.07, 6.45) is 0.910. The molecule has 2 aromatic carbocycles. The average molecular weight is 270 g/mol. The van der Waals surface area contributed by atoms with Crippen molar-refractivity contribution in [3.05, 3.63) is 64.2 Å². The Balaban J connectivity index is 2.10. The van der Waals surface area contributed by atoms with Crippen LogP contribution in [0.25, 0.3) is 0 Å². The van der Waals surface area contributed by atoms with Crippen molar-refractivity contribution in [1.29, 1.82) is 0 Å². The summed E-state index contributed by atoms with van der Waals surface area (Å²) >= 11 is 1.81. The molecule has 0 heterocycles. The number of rotatable bonds is 4. The van der Waals surface area contributed by atoms with Gasteiger partial charge in [0, 0.05) is 16.2 Å². The van der Waals surface area contributed by atoms with Gasteiger partial charge < -0.3 is 0 Å². The molecule has 0 amide bonds. The fourth-order valence-corrected chi connectivity index (χ4v) is 3.11. The average Bonchev–Trinajstić information content (AvgIpc) is 2.35. The fraction of sp³-hybridized carbons (Fsp3) is 0.235. The lowest BCUT2D eigenvalue weighted by Gasteiger charge is -2.07. The van der Waals surface area contributed by atoms with Gasteiger partial charge >= 0.3 is 0 Å². The summed E-state index contributed by atoms with van der Waals surface area (Å²) in [5.41, 5.74) is 5.78. The SMILES string of the molecule is Cc1cc(C)cc(CSc2ccc(C=O)c(C)c2)c1. The van der Waals surface area contributed by atoms with E-state index in [4.69, 9.17) is 0 Å². The first-order valence-corrected chi connectivity index (χ1v) is 7.33. The highest BCUT2D eigenvalue weighted by Crippen LogP contribution is 2.25.